The molecule has 0 unspecified atom stereocenters. The van der Waals surface area contributed by atoms with Crippen LogP contribution in [-0.4, -0.2) is 33.6 Å². The Morgan fingerprint density at radius 1 is 1.44 bits per heavy atom. The summed E-state index contributed by atoms with van der Waals surface area (Å²) in [4.78, 5) is 22.6. The van der Waals surface area contributed by atoms with Crippen molar-refractivity contribution in [3.8, 4) is 5.75 Å². The molecule has 25 heavy (non-hydrogen) atoms. The summed E-state index contributed by atoms with van der Waals surface area (Å²) in [5.74, 6) is -0.650. The number of benzene rings is 1. The van der Waals surface area contributed by atoms with E-state index >= 15 is 0 Å². The van der Waals surface area contributed by atoms with Crippen LogP contribution in [0.25, 0.3) is 0 Å². The number of nitrogens with one attached hydrogen (secondary N) is 1. The highest BCUT2D eigenvalue weighted by Crippen LogP contribution is 2.27. The SMILES string of the molecule is CCn1cc(C(=O)Nc2cc(OCC(F)F)cc([N+](=O)[O-])c2)c(C)n1. The molecule has 0 saturated heterocycles. The minimum Gasteiger partial charge on any atom is -0.487 e. The Balaban J connectivity index is 2.26. The van der Waals surface area contributed by atoms with Crippen LogP contribution in [0.5, 0.6) is 5.75 Å². The molecule has 0 atom stereocenters. The Morgan fingerprint density at radius 2 is 2.16 bits per heavy atom. The number of aryl methyl sites for hydroxylation is 2. The highest BCUT2D eigenvalue weighted by Gasteiger charge is 2.17. The predicted octanol–water partition coefficient (Wildman–Crippen LogP) is 3.02. The molecule has 0 fully saturated rings. The molecule has 1 N–H and O–H groups in total. The van der Waals surface area contributed by atoms with Crippen molar-refractivity contribution < 1.29 is 23.2 Å². The van der Waals surface area contributed by atoms with Gasteiger partial charge in [0.2, 0.25) is 0 Å². The average molecular weight is 354 g/mol. The minimum absolute atomic E-state index is 0.0621. The van der Waals surface area contributed by atoms with E-state index in [-0.39, 0.29) is 17.1 Å². The Labute approximate surface area is 141 Å². The molecule has 1 aromatic carbocycles. The minimum atomic E-state index is -2.72. The summed E-state index contributed by atoms with van der Waals surface area (Å²) in [6, 6.07) is 3.37. The second kappa shape index (κ2) is 7.69. The number of nitro groups is 1. The number of non-ortho nitro benzene ring substituents is 1. The van der Waals surface area contributed by atoms with Gasteiger partial charge < -0.3 is 10.1 Å². The van der Waals surface area contributed by atoms with Crippen molar-refractivity contribution in [2.24, 2.45) is 0 Å². The molecule has 134 valence electrons. The molecule has 1 aromatic heterocycles. The molecule has 8 nitrogen and oxygen atoms in total. The fraction of sp³-hybridized carbons (Fsp3) is 0.333. The average Bonchev–Trinajstić information content (AvgIpc) is 2.93. The van der Waals surface area contributed by atoms with Gasteiger partial charge in [-0.2, -0.15) is 5.10 Å². The molecule has 0 radical (unpaired) electrons. The molecule has 2 rings (SSSR count). The van der Waals surface area contributed by atoms with Crippen LogP contribution in [0, 0.1) is 17.0 Å². The van der Waals surface area contributed by atoms with Crippen LogP contribution in [0.4, 0.5) is 20.2 Å². The quantitative estimate of drug-likeness (QED) is 0.609. The van der Waals surface area contributed by atoms with Crippen LogP contribution in [0.1, 0.15) is 23.0 Å². The number of nitrogens with zero attached hydrogens (tertiary/aromatic N) is 3. The molecule has 0 spiro atoms. The smallest absolute Gasteiger partial charge is 0.275 e. The Kier molecular flexibility index (Phi) is 5.63. The van der Waals surface area contributed by atoms with Crippen molar-refractivity contribution >= 4 is 17.3 Å². The summed E-state index contributed by atoms with van der Waals surface area (Å²) >= 11 is 0. The molecular weight excluding hydrogens is 338 g/mol. The summed E-state index contributed by atoms with van der Waals surface area (Å²) in [5.41, 5.74) is 0.484. The first-order valence-corrected chi connectivity index (χ1v) is 7.36. The fourth-order valence-corrected chi connectivity index (χ4v) is 2.10. The van der Waals surface area contributed by atoms with Crippen LogP contribution in [0.3, 0.4) is 0 Å². The molecule has 10 heteroatoms. The zero-order valence-corrected chi connectivity index (χ0v) is 13.5. The van der Waals surface area contributed by atoms with Gasteiger partial charge in [0, 0.05) is 24.9 Å². The van der Waals surface area contributed by atoms with Gasteiger partial charge in [-0.05, 0) is 13.8 Å². The number of carbonyl (C=O) groups excluding carboxylic acids is 1. The van der Waals surface area contributed by atoms with Crippen molar-refractivity contribution in [1.82, 2.24) is 9.78 Å². The number of aromatic nitrogens is 2. The number of ether oxygens (including phenoxy) is 1. The van der Waals surface area contributed by atoms with Crippen molar-refractivity contribution in [3.63, 3.8) is 0 Å². The standard InChI is InChI=1S/C15H16F2N4O4/c1-3-20-7-13(9(2)19-20)15(22)18-10-4-11(21(23)24)6-12(5-10)25-8-14(16)17/h4-7,14H,3,8H2,1-2H3,(H,18,22). The van der Waals surface area contributed by atoms with Gasteiger partial charge in [-0.15, -0.1) is 0 Å². The van der Waals surface area contributed by atoms with E-state index in [0.717, 1.165) is 12.1 Å². The fourth-order valence-electron chi connectivity index (χ4n) is 2.10. The molecule has 0 aliphatic heterocycles. The number of amides is 1. The van der Waals surface area contributed by atoms with Gasteiger partial charge in [-0.1, -0.05) is 0 Å². The number of rotatable bonds is 7. The summed E-state index contributed by atoms with van der Waals surface area (Å²) in [7, 11) is 0. The normalized spacial score (nSPS) is 10.8. The van der Waals surface area contributed by atoms with Gasteiger partial charge in [0.25, 0.3) is 18.0 Å². The first-order valence-electron chi connectivity index (χ1n) is 7.36. The number of nitro benzene ring substituents is 1. The van der Waals surface area contributed by atoms with Gasteiger partial charge >= 0.3 is 0 Å². The van der Waals surface area contributed by atoms with E-state index in [1.165, 1.54) is 6.07 Å². The lowest BCUT2D eigenvalue weighted by molar-refractivity contribution is -0.384. The maximum atomic E-state index is 12.3. The van der Waals surface area contributed by atoms with Gasteiger partial charge in [0.15, 0.2) is 0 Å². The maximum Gasteiger partial charge on any atom is 0.275 e. The molecule has 1 heterocycles. The van der Waals surface area contributed by atoms with Crippen molar-refractivity contribution in [3.05, 3.63) is 45.8 Å². The number of anilines is 1. The highest BCUT2D eigenvalue weighted by atomic mass is 19.3. The third kappa shape index (κ3) is 4.72. The summed E-state index contributed by atoms with van der Waals surface area (Å²) in [6.07, 6.45) is -1.17. The molecule has 2 aromatic rings. The molecule has 0 saturated carbocycles. The predicted molar refractivity (Wildman–Crippen MR) is 85.2 cm³/mol. The van der Waals surface area contributed by atoms with E-state index in [1.54, 1.807) is 17.8 Å². The number of halogens is 2. The second-order valence-corrected chi connectivity index (χ2v) is 5.11. The van der Waals surface area contributed by atoms with Crippen LogP contribution < -0.4 is 10.1 Å². The summed E-state index contributed by atoms with van der Waals surface area (Å²) in [6.45, 7) is 3.19. The lowest BCUT2D eigenvalue weighted by Crippen LogP contribution is -2.13. The lowest BCUT2D eigenvalue weighted by atomic mass is 10.2. The Morgan fingerprint density at radius 3 is 2.72 bits per heavy atom. The van der Waals surface area contributed by atoms with Crippen molar-refractivity contribution in [1.29, 1.82) is 0 Å². The van der Waals surface area contributed by atoms with Crippen molar-refractivity contribution in [2.75, 3.05) is 11.9 Å². The van der Waals surface area contributed by atoms with Gasteiger partial charge in [0.1, 0.15) is 12.4 Å². The first kappa shape index (κ1) is 18.3. The zero-order valence-electron chi connectivity index (χ0n) is 13.5. The molecule has 0 aliphatic carbocycles. The number of alkyl halides is 2. The third-order valence-corrected chi connectivity index (χ3v) is 3.25. The zero-order chi connectivity index (χ0) is 18.6. The largest absolute Gasteiger partial charge is 0.487 e. The molecule has 0 aliphatic rings. The van der Waals surface area contributed by atoms with E-state index in [9.17, 15) is 23.7 Å². The Bertz CT molecular complexity index is 792. The molecule has 0 bridgehead atoms. The monoisotopic (exact) mass is 354 g/mol. The molecular formula is C15H16F2N4O4. The summed E-state index contributed by atoms with van der Waals surface area (Å²) < 4.78 is 30.9. The van der Waals surface area contributed by atoms with Crippen LogP contribution in [0.2, 0.25) is 0 Å². The van der Waals surface area contributed by atoms with E-state index in [2.05, 4.69) is 10.4 Å². The van der Waals surface area contributed by atoms with E-state index in [0.29, 0.717) is 17.8 Å². The van der Waals surface area contributed by atoms with Gasteiger partial charge in [-0.25, -0.2) is 8.78 Å². The summed E-state index contributed by atoms with van der Waals surface area (Å²) in [5, 5.41) is 17.6. The van der Waals surface area contributed by atoms with E-state index in [1.807, 2.05) is 6.92 Å². The maximum absolute atomic E-state index is 12.3. The Hall–Kier alpha value is -3.04. The van der Waals surface area contributed by atoms with Gasteiger partial charge in [0.05, 0.1) is 27.9 Å². The topological polar surface area (TPSA) is 99.3 Å². The van der Waals surface area contributed by atoms with Crippen LogP contribution >= 0.6 is 0 Å². The van der Waals surface area contributed by atoms with E-state index in [4.69, 9.17) is 4.74 Å². The lowest BCUT2D eigenvalue weighted by Gasteiger charge is -2.09. The number of hydrogen-bond donors (Lipinski definition) is 1. The second-order valence-electron chi connectivity index (χ2n) is 5.11. The van der Waals surface area contributed by atoms with Crippen molar-refractivity contribution in [2.45, 2.75) is 26.8 Å². The first-order chi connectivity index (χ1) is 11.8. The van der Waals surface area contributed by atoms with E-state index < -0.39 is 23.9 Å². The third-order valence-electron chi connectivity index (χ3n) is 3.25. The number of carbonyl (C=O) groups is 1. The number of hydrogen-bond acceptors (Lipinski definition) is 5. The molecule has 1 amide bonds. The highest BCUT2D eigenvalue weighted by molar-refractivity contribution is 6.05. The van der Waals surface area contributed by atoms with Gasteiger partial charge in [-0.3, -0.25) is 19.6 Å². The van der Waals surface area contributed by atoms with Crippen LogP contribution in [-0.2, 0) is 6.54 Å². The van der Waals surface area contributed by atoms with Crippen LogP contribution in [0.15, 0.2) is 24.4 Å².